The fourth-order valence-electron chi connectivity index (χ4n) is 3.42. The Bertz CT molecular complexity index is 884. The van der Waals surface area contributed by atoms with Crippen LogP contribution < -0.4 is 5.32 Å². The molecule has 2 atom stereocenters. The van der Waals surface area contributed by atoms with Crippen LogP contribution in [0.4, 0.5) is 0 Å². The molecule has 0 saturated carbocycles. The number of nitrogens with one attached hydrogen (secondary N) is 1. The Hall–Kier alpha value is -2.67. The van der Waals surface area contributed by atoms with Crippen LogP contribution in [-0.2, 0) is 23.1 Å². The molecule has 7 nitrogen and oxygen atoms in total. The van der Waals surface area contributed by atoms with Crippen molar-refractivity contribution in [2.45, 2.75) is 19.1 Å². The van der Waals surface area contributed by atoms with Crippen LogP contribution in [0.2, 0.25) is 0 Å². The van der Waals surface area contributed by atoms with E-state index in [0.717, 1.165) is 23.0 Å². The van der Waals surface area contributed by atoms with Crippen LogP contribution in [0.25, 0.3) is 10.9 Å². The maximum atomic E-state index is 12.3. The first-order chi connectivity index (χ1) is 12.2. The zero-order chi connectivity index (χ0) is 17.2. The van der Waals surface area contributed by atoms with Crippen molar-refractivity contribution in [3.05, 3.63) is 48.4 Å². The summed E-state index contributed by atoms with van der Waals surface area (Å²) in [5.74, 6) is 0.221. The van der Waals surface area contributed by atoms with Crippen molar-refractivity contribution < 1.29 is 9.53 Å². The summed E-state index contributed by atoms with van der Waals surface area (Å²) in [4.78, 5) is 12.3. The standard InChI is InChI=1S/C18H21N5O2/c1-22-16(6-8-20-22)18-14(7-9-25-18)10-19-17(24)12-23-15-5-3-2-4-13(15)11-21-23/h2-6,8,11,14,18H,7,9-10,12H2,1H3,(H,19,24)/t14-,18+/m0/s1. The van der Waals surface area contributed by atoms with Gasteiger partial charge in [0, 0.05) is 37.7 Å². The summed E-state index contributed by atoms with van der Waals surface area (Å²) in [7, 11) is 1.91. The molecule has 0 aliphatic carbocycles. The lowest BCUT2D eigenvalue weighted by Gasteiger charge is -2.19. The molecule has 3 heterocycles. The van der Waals surface area contributed by atoms with E-state index in [1.54, 1.807) is 17.1 Å². The topological polar surface area (TPSA) is 74.0 Å². The van der Waals surface area contributed by atoms with Crippen molar-refractivity contribution >= 4 is 16.8 Å². The van der Waals surface area contributed by atoms with Gasteiger partial charge in [0.2, 0.25) is 5.91 Å². The minimum absolute atomic E-state index is 0.0154. The van der Waals surface area contributed by atoms with Gasteiger partial charge in [-0.3, -0.25) is 14.2 Å². The number of hydrogen-bond acceptors (Lipinski definition) is 4. The fraction of sp³-hybridized carbons (Fsp3) is 0.389. The monoisotopic (exact) mass is 339 g/mol. The zero-order valence-electron chi connectivity index (χ0n) is 14.1. The number of carbonyl (C=O) groups excluding carboxylic acids is 1. The van der Waals surface area contributed by atoms with Crippen LogP contribution in [0.3, 0.4) is 0 Å². The van der Waals surface area contributed by atoms with E-state index in [1.165, 1.54) is 0 Å². The molecule has 130 valence electrons. The Kier molecular flexibility index (Phi) is 4.23. The van der Waals surface area contributed by atoms with Crippen molar-refractivity contribution in [3.63, 3.8) is 0 Å². The molecule has 0 radical (unpaired) electrons. The molecule has 2 aromatic heterocycles. The number of nitrogens with zero attached hydrogens (tertiary/aromatic N) is 4. The summed E-state index contributed by atoms with van der Waals surface area (Å²) in [5.41, 5.74) is 2.02. The van der Waals surface area contributed by atoms with E-state index >= 15 is 0 Å². The van der Waals surface area contributed by atoms with E-state index in [2.05, 4.69) is 15.5 Å². The summed E-state index contributed by atoms with van der Waals surface area (Å²) < 4.78 is 9.42. The van der Waals surface area contributed by atoms with E-state index < -0.39 is 0 Å². The van der Waals surface area contributed by atoms with Crippen LogP contribution in [0.15, 0.2) is 42.7 Å². The summed E-state index contributed by atoms with van der Waals surface area (Å²) in [6, 6.07) is 9.85. The van der Waals surface area contributed by atoms with E-state index in [1.807, 2.05) is 42.1 Å². The van der Waals surface area contributed by atoms with E-state index in [-0.39, 0.29) is 24.5 Å². The minimum atomic E-state index is -0.0375. The van der Waals surface area contributed by atoms with Gasteiger partial charge in [0.25, 0.3) is 0 Å². The van der Waals surface area contributed by atoms with Gasteiger partial charge in [0.05, 0.1) is 17.4 Å². The average molecular weight is 339 g/mol. The molecule has 1 amide bonds. The smallest absolute Gasteiger partial charge is 0.241 e. The second kappa shape index (κ2) is 6.68. The molecule has 0 bridgehead atoms. The summed E-state index contributed by atoms with van der Waals surface area (Å²) in [5, 5.41) is 12.6. The number of para-hydroxylation sites is 1. The van der Waals surface area contributed by atoms with Crippen molar-refractivity contribution in [1.29, 1.82) is 0 Å². The minimum Gasteiger partial charge on any atom is -0.372 e. The second-order valence-corrected chi connectivity index (χ2v) is 6.38. The summed E-state index contributed by atoms with van der Waals surface area (Å²) in [6.07, 6.45) is 4.47. The number of fused-ring (bicyclic) bond motifs is 1. The lowest BCUT2D eigenvalue weighted by atomic mass is 9.99. The number of ether oxygens (including phenoxy) is 1. The van der Waals surface area contributed by atoms with Crippen LogP contribution in [-0.4, -0.2) is 38.6 Å². The van der Waals surface area contributed by atoms with Gasteiger partial charge >= 0.3 is 0 Å². The molecule has 1 fully saturated rings. The molecule has 1 aliphatic rings. The third-order valence-electron chi connectivity index (χ3n) is 4.77. The van der Waals surface area contributed by atoms with E-state index in [9.17, 15) is 4.79 Å². The maximum Gasteiger partial charge on any atom is 0.241 e. The first-order valence-electron chi connectivity index (χ1n) is 8.49. The Morgan fingerprint density at radius 3 is 3.04 bits per heavy atom. The molecule has 0 spiro atoms. The fourth-order valence-corrected chi connectivity index (χ4v) is 3.42. The van der Waals surface area contributed by atoms with Gasteiger partial charge in [-0.2, -0.15) is 10.2 Å². The molecule has 1 N–H and O–H groups in total. The Balaban J connectivity index is 1.38. The molecule has 1 saturated heterocycles. The van der Waals surface area contributed by atoms with Gasteiger partial charge in [-0.1, -0.05) is 18.2 Å². The highest BCUT2D eigenvalue weighted by Crippen LogP contribution is 2.33. The van der Waals surface area contributed by atoms with E-state index in [0.29, 0.717) is 13.2 Å². The van der Waals surface area contributed by atoms with Crippen LogP contribution in [0, 0.1) is 5.92 Å². The molecule has 1 aromatic carbocycles. The zero-order valence-corrected chi connectivity index (χ0v) is 14.1. The highest BCUT2D eigenvalue weighted by molar-refractivity contribution is 5.81. The highest BCUT2D eigenvalue weighted by atomic mass is 16.5. The van der Waals surface area contributed by atoms with Gasteiger partial charge in [0.15, 0.2) is 0 Å². The van der Waals surface area contributed by atoms with Crippen LogP contribution in [0.5, 0.6) is 0 Å². The number of rotatable bonds is 5. The third kappa shape index (κ3) is 3.15. The molecular weight excluding hydrogens is 318 g/mol. The quantitative estimate of drug-likeness (QED) is 0.767. The predicted molar refractivity (Wildman–Crippen MR) is 92.8 cm³/mol. The molecule has 7 heteroatoms. The molecule has 1 aliphatic heterocycles. The first-order valence-corrected chi connectivity index (χ1v) is 8.49. The molecule has 25 heavy (non-hydrogen) atoms. The first kappa shape index (κ1) is 15.8. The molecule has 3 aromatic rings. The van der Waals surface area contributed by atoms with Crippen LogP contribution >= 0.6 is 0 Å². The molecule has 4 rings (SSSR count). The third-order valence-corrected chi connectivity index (χ3v) is 4.77. The maximum absolute atomic E-state index is 12.3. The van der Waals surface area contributed by atoms with E-state index in [4.69, 9.17) is 4.74 Å². The highest BCUT2D eigenvalue weighted by Gasteiger charge is 2.31. The number of benzene rings is 1. The van der Waals surface area contributed by atoms with Crippen molar-refractivity contribution in [1.82, 2.24) is 24.9 Å². The Morgan fingerprint density at radius 2 is 2.20 bits per heavy atom. The Labute approximate surface area is 145 Å². The van der Waals surface area contributed by atoms with Crippen molar-refractivity contribution in [2.75, 3.05) is 13.2 Å². The van der Waals surface area contributed by atoms with Gasteiger partial charge in [-0.05, 0) is 18.6 Å². The number of aromatic nitrogens is 4. The predicted octanol–water partition coefficient (Wildman–Crippen LogP) is 1.66. The molecule has 0 unspecified atom stereocenters. The van der Waals surface area contributed by atoms with Crippen molar-refractivity contribution in [2.24, 2.45) is 13.0 Å². The van der Waals surface area contributed by atoms with Gasteiger partial charge in [-0.25, -0.2) is 0 Å². The largest absolute Gasteiger partial charge is 0.372 e. The number of amides is 1. The lowest BCUT2D eigenvalue weighted by molar-refractivity contribution is -0.122. The SMILES string of the molecule is Cn1nccc1[C@@H]1OCC[C@H]1CNC(=O)Cn1ncc2ccccc21. The Morgan fingerprint density at radius 1 is 1.32 bits per heavy atom. The lowest BCUT2D eigenvalue weighted by Crippen LogP contribution is -2.33. The summed E-state index contributed by atoms with van der Waals surface area (Å²) >= 11 is 0. The summed E-state index contributed by atoms with van der Waals surface area (Å²) in [6.45, 7) is 1.52. The van der Waals surface area contributed by atoms with Gasteiger partial charge in [0.1, 0.15) is 12.6 Å². The van der Waals surface area contributed by atoms with Gasteiger partial charge < -0.3 is 10.1 Å². The number of aryl methyl sites for hydroxylation is 1. The molecular formula is C18H21N5O2. The number of hydrogen-bond donors (Lipinski definition) is 1. The normalized spacial score (nSPS) is 20.2. The second-order valence-electron chi connectivity index (χ2n) is 6.38. The average Bonchev–Trinajstić information content (AvgIpc) is 3.33. The number of carbonyl (C=O) groups is 1. The van der Waals surface area contributed by atoms with Crippen LogP contribution in [0.1, 0.15) is 18.2 Å². The van der Waals surface area contributed by atoms with Crippen molar-refractivity contribution in [3.8, 4) is 0 Å². The van der Waals surface area contributed by atoms with Gasteiger partial charge in [-0.15, -0.1) is 0 Å².